The number of hydrogen-bond donors (Lipinski definition) is 1. The number of rotatable bonds is 4. The molecule has 0 aliphatic carbocycles. The summed E-state index contributed by atoms with van der Waals surface area (Å²) in [4.78, 5) is 24.8. The Morgan fingerprint density at radius 1 is 1.20 bits per heavy atom. The predicted octanol–water partition coefficient (Wildman–Crippen LogP) is 2.87. The molecule has 0 bridgehead atoms. The van der Waals surface area contributed by atoms with Crippen LogP contribution in [-0.2, 0) is 9.53 Å². The molecule has 20 heavy (non-hydrogen) atoms. The summed E-state index contributed by atoms with van der Waals surface area (Å²) >= 11 is 1.60. The van der Waals surface area contributed by atoms with Crippen LogP contribution in [-0.4, -0.2) is 29.8 Å². The van der Waals surface area contributed by atoms with Gasteiger partial charge >= 0.3 is 5.97 Å². The average molecular weight is 295 g/mol. The molecule has 0 saturated carbocycles. The van der Waals surface area contributed by atoms with Crippen LogP contribution in [0.15, 0.2) is 29.2 Å². The third-order valence-corrected chi connectivity index (χ3v) is 3.22. The van der Waals surface area contributed by atoms with E-state index in [2.05, 4.69) is 5.32 Å². The van der Waals surface area contributed by atoms with Gasteiger partial charge in [0.1, 0.15) is 0 Å². The average Bonchev–Trinajstić information content (AvgIpc) is 2.36. The van der Waals surface area contributed by atoms with Gasteiger partial charge in [-0.25, -0.2) is 4.79 Å². The molecule has 0 fully saturated rings. The Morgan fingerprint density at radius 2 is 1.75 bits per heavy atom. The highest BCUT2D eigenvalue weighted by Gasteiger charge is 2.22. The van der Waals surface area contributed by atoms with E-state index in [0.29, 0.717) is 5.56 Å². The SMILES string of the molecule is CSc1ccc(C(=O)O[C@@H](C)C(=O)NC(C)(C)C)cc1. The number of thioether (sulfide) groups is 1. The molecule has 1 aromatic rings. The maximum Gasteiger partial charge on any atom is 0.338 e. The van der Waals surface area contributed by atoms with E-state index < -0.39 is 12.1 Å². The van der Waals surface area contributed by atoms with Crippen LogP contribution in [0.4, 0.5) is 0 Å². The van der Waals surface area contributed by atoms with Crippen LogP contribution < -0.4 is 5.32 Å². The molecule has 1 amide bonds. The first-order chi connectivity index (χ1) is 9.23. The number of carbonyl (C=O) groups is 2. The van der Waals surface area contributed by atoms with Gasteiger partial charge in [0.15, 0.2) is 6.10 Å². The van der Waals surface area contributed by atoms with Crippen molar-refractivity contribution in [3.63, 3.8) is 0 Å². The Hall–Kier alpha value is -1.49. The summed E-state index contributed by atoms with van der Waals surface area (Å²) in [6.07, 6.45) is 1.15. The maximum atomic E-state index is 11.9. The minimum absolute atomic E-state index is 0.299. The van der Waals surface area contributed by atoms with Crippen molar-refractivity contribution in [3.05, 3.63) is 29.8 Å². The molecule has 0 aromatic heterocycles. The van der Waals surface area contributed by atoms with E-state index in [1.807, 2.05) is 39.2 Å². The molecule has 0 unspecified atom stereocenters. The zero-order valence-electron chi connectivity index (χ0n) is 12.5. The Labute approximate surface area is 124 Å². The van der Waals surface area contributed by atoms with Gasteiger partial charge < -0.3 is 10.1 Å². The number of esters is 1. The number of hydrogen-bond acceptors (Lipinski definition) is 4. The van der Waals surface area contributed by atoms with Crippen LogP contribution in [0.1, 0.15) is 38.1 Å². The lowest BCUT2D eigenvalue weighted by molar-refractivity contribution is -0.130. The van der Waals surface area contributed by atoms with Gasteiger partial charge in [-0.2, -0.15) is 0 Å². The Morgan fingerprint density at radius 3 is 2.20 bits per heavy atom. The predicted molar refractivity (Wildman–Crippen MR) is 81.0 cm³/mol. The first kappa shape index (κ1) is 16.6. The fourth-order valence-corrected chi connectivity index (χ4v) is 1.89. The van der Waals surface area contributed by atoms with Crippen LogP contribution >= 0.6 is 11.8 Å². The molecule has 0 aliphatic rings. The zero-order chi connectivity index (χ0) is 15.3. The molecule has 110 valence electrons. The van der Waals surface area contributed by atoms with Crippen molar-refractivity contribution in [2.75, 3.05) is 6.26 Å². The quantitative estimate of drug-likeness (QED) is 0.685. The number of ether oxygens (including phenoxy) is 1. The fourth-order valence-electron chi connectivity index (χ4n) is 1.48. The zero-order valence-corrected chi connectivity index (χ0v) is 13.3. The van der Waals surface area contributed by atoms with E-state index in [4.69, 9.17) is 4.74 Å². The second kappa shape index (κ2) is 6.79. The van der Waals surface area contributed by atoms with Crippen molar-refractivity contribution in [1.82, 2.24) is 5.32 Å². The van der Waals surface area contributed by atoms with Gasteiger partial charge in [0, 0.05) is 10.4 Å². The summed E-state index contributed by atoms with van der Waals surface area (Å²) in [6, 6.07) is 7.09. The minimum atomic E-state index is -0.818. The van der Waals surface area contributed by atoms with Gasteiger partial charge in [0.25, 0.3) is 5.91 Å². The molecule has 0 heterocycles. The first-order valence-electron chi connectivity index (χ1n) is 6.40. The van der Waals surface area contributed by atoms with Crippen LogP contribution in [0.3, 0.4) is 0 Å². The summed E-state index contributed by atoms with van der Waals surface area (Å²) in [5.41, 5.74) is 0.0933. The highest BCUT2D eigenvalue weighted by atomic mass is 32.2. The van der Waals surface area contributed by atoms with E-state index in [-0.39, 0.29) is 11.4 Å². The number of benzene rings is 1. The van der Waals surface area contributed by atoms with Crippen LogP contribution in [0, 0.1) is 0 Å². The molecular formula is C15H21NO3S. The maximum absolute atomic E-state index is 11.9. The largest absolute Gasteiger partial charge is 0.449 e. The van der Waals surface area contributed by atoms with Gasteiger partial charge in [-0.15, -0.1) is 11.8 Å². The molecule has 1 rings (SSSR count). The van der Waals surface area contributed by atoms with Crippen molar-refractivity contribution in [2.24, 2.45) is 0 Å². The normalized spacial score (nSPS) is 12.7. The minimum Gasteiger partial charge on any atom is -0.449 e. The molecule has 1 N–H and O–H groups in total. The summed E-state index contributed by atoms with van der Waals surface area (Å²) in [6.45, 7) is 7.19. The van der Waals surface area contributed by atoms with E-state index in [0.717, 1.165) is 4.90 Å². The summed E-state index contributed by atoms with van der Waals surface area (Å²) in [7, 11) is 0. The van der Waals surface area contributed by atoms with E-state index in [1.165, 1.54) is 0 Å². The number of amides is 1. The van der Waals surface area contributed by atoms with Crippen molar-refractivity contribution in [3.8, 4) is 0 Å². The van der Waals surface area contributed by atoms with Gasteiger partial charge in [-0.1, -0.05) is 0 Å². The highest BCUT2D eigenvalue weighted by molar-refractivity contribution is 7.98. The van der Waals surface area contributed by atoms with E-state index in [9.17, 15) is 9.59 Å². The van der Waals surface area contributed by atoms with E-state index >= 15 is 0 Å². The number of nitrogens with one attached hydrogen (secondary N) is 1. The molecule has 4 nitrogen and oxygen atoms in total. The van der Waals surface area contributed by atoms with Crippen molar-refractivity contribution >= 4 is 23.6 Å². The highest BCUT2D eigenvalue weighted by Crippen LogP contribution is 2.15. The van der Waals surface area contributed by atoms with Gasteiger partial charge in [-0.05, 0) is 58.2 Å². The van der Waals surface area contributed by atoms with Crippen LogP contribution in [0.5, 0.6) is 0 Å². The Balaban J connectivity index is 2.62. The fraction of sp³-hybridized carbons (Fsp3) is 0.467. The molecule has 1 aromatic carbocycles. The Bertz CT molecular complexity index is 477. The first-order valence-corrected chi connectivity index (χ1v) is 7.62. The van der Waals surface area contributed by atoms with Gasteiger partial charge in [0.2, 0.25) is 0 Å². The third kappa shape index (κ3) is 5.25. The second-order valence-electron chi connectivity index (χ2n) is 5.52. The van der Waals surface area contributed by atoms with Crippen LogP contribution in [0.25, 0.3) is 0 Å². The molecule has 5 heteroatoms. The molecule has 0 saturated heterocycles. The van der Waals surface area contributed by atoms with Gasteiger partial charge in [-0.3, -0.25) is 4.79 Å². The van der Waals surface area contributed by atoms with Crippen molar-refractivity contribution < 1.29 is 14.3 Å². The smallest absolute Gasteiger partial charge is 0.338 e. The van der Waals surface area contributed by atoms with Crippen molar-refractivity contribution in [2.45, 2.75) is 44.2 Å². The molecule has 0 aliphatic heterocycles. The lowest BCUT2D eigenvalue weighted by Crippen LogP contribution is -2.46. The third-order valence-electron chi connectivity index (χ3n) is 2.48. The summed E-state index contributed by atoms with van der Waals surface area (Å²) in [5.74, 6) is -0.791. The van der Waals surface area contributed by atoms with Gasteiger partial charge in [0.05, 0.1) is 5.56 Å². The lowest BCUT2D eigenvalue weighted by Gasteiger charge is -2.23. The summed E-state index contributed by atoms with van der Waals surface area (Å²) in [5, 5.41) is 2.77. The monoisotopic (exact) mass is 295 g/mol. The van der Waals surface area contributed by atoms with E-state index in [1.54, 1.807) is 30.8 Å². The second-order valence-corrected chi connectivity index (χ2v) is 6.39. The summed E-state index contributed by atoms with van der Waals surface area (Å²) < 4.78 is 5.16. The standard InChI is InChI=1S/C15H21NO3S/c1-10(13(17)16-15(2,3)4)19-14(18)11-6-8-12(20-5)9-7-11/h6-10H,1-5H3,(H,16,17)/t10-/m0/s1. The Kier molecular flexibility index (Phi) is 5.62. The van der Waals surface area contributed by atoms with Crippen LogP contribution in [0.2, 0.25) is 0 Å². The topological polar surface area (TPSA) is 55.4 Å². The number of carbonyl (C=O) groups excluding carboxylic acids is 2. The molecule has 0 spiro atoms. The van der Waals surface area contributed by atoms with Crippen molar-refractivity contribution in [1.29, 1.82) is 0 Å². The molecule has 1 atom stereocenters. The molecule has 0 radical (unpaired) electrons. The molecular weight excluding hydrogens is 274 g/mol. The lowest BCUT2D eigenvalue weighted by atomic mass is 10.1.